The van der Waals surface area contributed by atoms with Gasteiger partial charge in [0.05, 0.1) is 13.7 Å². The van der Waals surface area contributed by atoms with Crippen LogP contribution in [0.3, 0.4) is 0 Å². The lowest BCUT2D eigenvalue weighted by Gasteiger charge is -2.14. The Morgan fingerprint density at radius 2 is 1.86 bits per heavy atom. The molecule has 0 saturated heterocycles. The van der Waals surface area contributed by atoms with Gasteiger partial charge in [-0.15, -0.1) is 0 Å². The zero-order valence-electron chi connectivity index (χ0n) is 16.3. The highest BCUT2D eigenvalue weighted by molar-refractivity contribution is 7.80. The molecule has 28 heavy (non-hydrogen) atoms. The Kier molecular flexibility index (Phi) is 8.19. The molecule has 0 radical (unpaired) electrons. The van der Waals surface area contributed by atoms with E-state index in [4.69, 9.17) is 21.7 Å². The van der Waals surface area contributed by atoms with Crippen LogP contribution < -0.4 is 20.1 Å². The van der Waals surface area contributed by atoms with Crippen LogP contribution in [0, 0.1) is 11.7 Å². The summed E-state index contributed by atoms with van der Waals surface area (Å²) in [6.45, 7) is 5.33. The van der Waals surface area contributed by atoms with E-state index in [2.05, 4.69) is 24.5 Å². The maximum Gasteiger partial charge on any atom is 0.257 e. The summed E-state index contributed by atoms with van der Waals surface area (Å²) < 4.78 is 24.1. The molecule has 0 aliphatic heterocycles. The number of rotatable bonds is 8. The van der Waals surface area contributed by atoms with Crippen LogP contribution in [0.15, 0.2) is 42.5 Å². The predicted molar refractivity (Wildman–Crippen MR) is 111 cm³/mol. The molecule has 0 saturated carbocycles. The van der Waals surface area contributed by atoms with Crippen LogP contribution in [0.5, 0.6) is 11.5 Å². The summed E-state index contributed by atoms with van der Waals surface area (Å²) in [5, 5.41) is 5.72. The van der Waals surface area contributed by atoms with E-state index in [1.807, 2.05) is 18.2 Å². The van der Waals surface area contributed by atoms with E-state index >= 15 is 0 Å². The van der Waals surface area contributed by atoms with Gasteiger partial charge in [-0.1, -0.05) is 19.9 Å². The van der Waals surface area contributed by atoms with Gasteiger partial charge in [-0.25, -0.2) is 4.39 Å². The van der Waals surface area contributed by atoms with E-state index < -0.39 is 11.7 Å². The number of ether oxygens (including phenoxy) is 2. The van der Waals surface area contributed by atoms with Crippen molar-refractivity contribution in [1.29, 1.82) is 0 Å². The Bertz CT molecular complexity index is 810. The standard InChI is InChI=1S/C21H25FN2O3S/c1-14(2)10-11-27-18-9-4-15(12-19(18)26-3)13-23-21(28)24-20(25)16-5-7-17(22)8-6-16/h4-9,12,14H,10-11,13H2,1-3H3,(H2,23,24,25,28). The summed E-state index contributed by atoms with van der Waals surface area (Å²) in [5.41, 5.74) is 1.25. The molecule has 2 N–H and O–H groups in total. The fourth-order valence-electron chi connectivity index (χ4n) is 2.35. The van der Waals surface area contributed by atoms with E-state index in [0.29, 0.717) is 36.1 Å². The molecule has 0 heterocycles. The lowest BCUT2D eigenvalue weighted by Crippen LogP contribution is -2.38. The highest BCUT2D eigenvalue weighted by atomic mass is 32.1. The quantitative estimate of drug-likeness (QED) is 0.650. The Hall–Kier alpha value is -2.67. The normalized spacial score (nSPS) is 10.5. The first kappa shape index (κ1) is 21.6. The number of thiocarbonyl (C=S) groups is 1. The van der Waals surface area contributed by atoms with Gasteiger partial charge in [-0.3, -0.25) is 10.1 Å². The zero-order valence-corrected chi connectivity index (χ0v) is 17.1. The van der Waals surface area contributed by atoms with E-state index in [1.54, 1.807) is 7.11 Å². The summed E-state index contributed by atoms with van der Waals surface area (Å²) in [6, 6.07) is 10.9. The van der Waals surface area contributed by atoms with Crippen molar-refractivity contribution in [2.24, 2.45) is 5.92 Å². The first-order valence-corrected chi connectivity index (χ1v) is 9.44. The summed E-state index contributed by atoms with van der Waals surface area (Å²) in [7, 11) is 1.59. The molecule has 7 heteroatoms. The van der Waals surface area contributed by atoms with Crippen molar-refractivity contribution >= 4 is 23.2 Å². The van der Waals surface area contributed by atoms with Crippen LogP contribution in [0.2, 0.25) is 0 Å². The lowest BCUT2D eigenvalue weighted by atomic mass is 10.1. The molecular formula is C21H25FN2O3S. The number of halogens is 1. The maximum atomic E-state index is 12.9. The molecule has 0 aromatic heterocycles. The number of carbonyl (C=O) groups excluding carboxylic acids is 1. The molecule has 0 fully saturated rings. The smallest absolute Gasteiger partial charge is 0.257 e. The number of carbonyl (C=O) groups is 1. The first-order chi connectivity index (χ1) is 13.4. The minimum absolute atomic E-state index is 0.186. The first-order valence-electron chi connectivity index (χ1n) is 9.03. The average molecular weight is 405 g/mol. The minimum atomic E-state index is -0.400. The van der Waals surface area contributed by atoms with Gasteiger partial charge in [0.25, 0.3) is 5.91 Å². The van der Waals surface area contributed by atoms with Crippen LogP contribution in [-0.4, -0.2) is 24.7 Å². The fourth-order valence-corrected chi connectivity index (χ4v) is 2.51. The third kappa shape index (κ3) is 6.81. The largest absolute Gasteiger partial charge is 0.493 e. The summed E-state index contributed by atoms with van der Waals surface area (Å²) in [5.74, 6) is 1.11. The molecule has 0 atom stereocenters. The highest BCUT2D eigenvalue weighted by Gasteiger charge is 2.09. The highest BCUT2D eigenvalue weighted by Crippen LogP contribution is 2.28. The Labute approximate surface area is 170 Å². The van der Waals surface area contributed by atoms with Crippen molar-refractivity contribution in [1.82, 2.24) is 10.6 Å². The molecule has 0 unspecified atom stereocenters. The van der Waals surface area contributed by atoms with Gasteiger partial charge in [0.2, 0.25) is 0 Å². The molecule has 150 valence electrons. The van der Waals surface area contributed by atoms with Crippen LogP contribution >= 0.6 is 12.2 Å². The SMILES string of the molecule is COc1cc(CNC(=S)NC(=O)c2ccc(F)cc2)ccc1OCCC(C)C. The van der Waals surface area contributed by atoms with Gasteiger partial charge in [0.15, 0.2) is 16.6 Å². The Morgan fingerprint density at radius 1 is 1.14 bits per heavy atom. The number of amides is 1. The van der Waals surface area contributed by atoms with Crippen molar-refractivity contribution in [2.45, 2.75) is 26.8 Å². The van der Waals surface area contributed by atoms with Crippen LogP contribution in [0.1, 0.15) is 36.2 Å². The molecule has 0 spiro atoms. The fraction of sp³-hybridized carbons (Fsp3) is 0.333. The molecule has 2 aromatic rings. The van der Waals surface area contributed by atoms with Crippen molar-refractivity contribution < 1.29 is 18.7 Å². The van der Waals surface area contributed by atoms with Gasteiger partial charge in [-0.05, 0) is 66.5 Å². The van der Waals surface area contributed by atoms with Gasteiger partial charge in [0, 0.05) is 12.1 Å². The number of methoxy groups -OCH3 is 1. The molecule has 0 aliphatic rings. The summed E-state index contributed by atoms with van der Waals surface area (Å²) in [4.78, 5) is 12.1. The number of nitrogens with one attached hydrogen (secondary N) is 2. The molecule has 2 aromatic carbocycles. The molecule has 0 aliphatic carbocycles. The van der Waals surface area contributed by atoms with Crippen LogP contribution in [0.25, 0.3) is 0 Å². The van der Waals surface area contributed by atoms with Gasteiger partial charge in [-0.2, -0.15) is 0 Å². The number of benzene rings is 2. The topological polar surface area (TPSA) is 59.6 Å². The third-order valence-electron chi connectivity index (χ3n) is 3.97. The lowest BCUT2D eigenvalue weighted by molar-refractivity contribution is 0.0976. The van der Waals surface area contributed by atoms with Crippen molar-refractivity contribution in [3.63, 3.8) is 0 Å². The van der Waals surface area contributed by atoms with Gasteiger partial charge in [0.1, 0.15) is 5.82 Å². The third-order valence-corrected chi connectivity index (χ3v) is 4.21. The van der Waals surface area contributed by atoms with Gasteiger partial charge < -0.3 is 14.8 Å². The zero-order chi connectivity index (χ0) is 20.5. The number of hydrogen-bond donors (Lipinski definition) is 2. The summed E-state index contributed by atoms with van der Waals surface area (Å²) >= 11 is 5.15. The minimum Gasteiger partial charge on any atom is -0.493 e. The van der Waals surface area contributed by atoms with E-state index in [9.17, 15) is 9.18 Å². The van der Waals surface area contributed by atoms with Crippen LogP contribution in [0.4, 0.5) is 4.39 Å². The Morgan fingerprint density at radius 3 is 2.50 bits per heavy atom. The maximum absolute atomic E-state index is 12.9. The number of hydrogen-bond acceptors (Lipinski definition) is 4. The summed E-state index contributed by atoms with van der Waals surface area (Å²) in [6.07, 6.45) is 0.967. The van der Waals surface area contributed by atoms with Crippen molar-refractivity contribution in [2.75, 3.05) is 13.7 Å². The Balaban J connectivity index is 1.88. The van der Waals surface area contributed by atoms with Crippen LogP contribution in [-0.2, 0) is 6.54 Å². The van der Waals surface area contributed by atoms with E-state index in [0.717, 1.165) is 12.0 Å². The molecule has 0 bridgehead atoms. The van der Waals surface area contributed by atoms with Crippen molar-refractivity contribution in [3.8, 4) is 11.5 Å². The molecular weight excluding hydrogens is 379 g/mol. The molecule has 1 amide bonds. The van der Waals surface area contributed by atoms with E-state index in [1.165, 1.54) is 24.3 Å². The second-order valence-electron chi connectivity index (χ2n) is 6.66. The van der Waals surface area contributed by atoms with Crippen molar-refractivity contribution in [3.05, 3.63) is 59.4 Å². The predicted octanol–water partition coefficient (Wildman–Crippen LogP) is 4.06. The monoisotopic (exact) mass is 404 g/mol. The van der Waals surface area contributed by atoms with E-state index in [-0.39, 0.29) is 5.11 Å². The second kappa shape index (κ2) is 10.6. The molecule has 2 rings (SSSR count). The average Bonchev–Trinajstić information content (AvgIpc) is 2.67. The second-order valence-corrected chi connectivity index (χ2v) is 7.07. The van der Waals surface area contributed by atoms with Gasteiger partial charge >= 0.3 is 0 Å². The molecule has 5 nitrogen and oxygen atoms in total.